The number of carbonyl (C=O) groups excluding carboxylic acids is 1. The third-order valence-corrected chi connectivity index (χ3v) is 3.78. The minimum absolute atomic E-state index is 0.00751. The molecule has 0 N–H and O–H groups in total. The van der Waals surface area contributed by atoms with Crippen molar-refractivity contribution in [3.63, 3.8) is 0 Å². The first-order chi connectivity index (χ1) is 11.7. The number of aryl methyl sites for hydroxylation is 1. The van der Waals surface area contributed by atoms with E-state index in [1.54, 1.807) is 17.1 Å². The number of hydrogen-bond donors (Lipinski definition) is 0. The van der Waals surface area contributed by atoms with Crippen LogP contribution in [0.3, 0.4) is 0 Å². The summed E-state index contributed by atoms with van der Waals surface area (Å²) in [5, 5.41) is 0. The van der Waals surface area contributed by atoms with Gasteiger partial charge >= 0.3 is 0 Å². The van der Waals surface area contributed by atoms with Gasteiger partial charge in [0.2, 0.25) is 0 Å². The molecule has 0 aromatic heterocycles. The van der Waals surface area contributed by atoms with Crippen LogP contribution in [0.1, 0.15) is 27.9 Å². The summed E-state index contributed by atoms with van der Waals surface area (Å²) >= 11 is 0. The molecule has 1 amide bonds. The van der Waals surface area contributed by atoms with Crippen LogP contribution in [0.25, 0.3) is 0 Å². The first-order valence-electron chi connectivity index (χ1n) is 8.23. The summed E-state index contributed by atoms with van der Waals surface area (Å²) in [6, 6.07) is 18.2. The standard InChI is InChI=1S/C22H24NO/c1-3-16-23(17-4-2)22(24)21-15-9-14-20(18-21)13-8-12-19-10-6-5-7-11-19/h3-7,9-11,13-15,18H,1-2,8,12,16-17H2. The van der Waals surface area contributed by atoms with Gasteiger partial charge < -0.3 is 4.90 Å². The largest absolute Gasteiger partial charge is 0.331 e. The molecule has 0 aliphatic rings. The van der Waals surface area contributed by atoms with Crippen molar-refractivity contribution in [1.29, 1.82) is 0 Å². The van der Waals surface area contributed by atoms with Gasteiger partial charge in [-0.1, -0.05) is 54.6 Å². The van der Waals surface area contributed by atoms with Gasteiger partial charge in [-0.3, -0.25) is 4.79 Å². The van der Waals surface area contributed by atoms with Crippen LogP contribution in [0.15, 0.2) is 79.9 Å². The Morgan fingerprint density at radius 2 is 1.67 bits per heavy atom. The molecule has 0 aliphatic heterocycles. The van der Waals surface area contributed by atoms with Crippen molar-refractivity contribution in [2.45, 2.75) is 12.8 Å². The molecule has 0 bridgehead atoms. The predicted octanol–water partition coefficient (Wildman–Crippen LogP) is 4.69. The Balaban J connectivity index is 1.98. The minimum atomic E-state index is 0.00751. The Bertz CT molecular complexity index is 665. The highest BCUT2D eigenvalue weighted by molar-refractivity contribution is 5.94. The molecule has 24 heavy (non-hydrogen) atoms. The van der Waals surface area contributed by atoms with E-state index in [-0.39, 0.29) is 5.91 Å². The Kier molecular flexibility index (Phi) is 7.03. The smallest absolute Gasteiger partial charge is 0.254 e. The minimum Gasteiger partial charge on any atom is -0.331 e. The van der Waals surface area contributed by atoms with Crippen LogP contribution >= 0.6 is 0 Å². The quantitative estimate of drug-likeness (QED) is 0.614. The highest BCUT2D eigenvalue weighted by atomic mass is 16.2. The first kappa shape index (κ1) is 17.7. The van der Waals surface area contributed by atoms with Crippen molar-refractivity contribution in [3.8, 4) is 0 Å². The molecule has 0 heterocycles. The van der Waals surface area contributed by atoms with Crippen LogP contribution in [0.5, 0.6) is 0 Å². The average Bonchev–Trinajstić information content (AvgIpc) is 2.62. The summed E-state index contributed by atoms with van der Waals surface area (Å²) in [6.07, 6.45) is 7.59. The zero-order valence-electron chi connectivity index (χ0n) is 14.0. The fraction of sp³-hybridized carbons (Fsp3) is 0.182. The molecule has 0 saturated carbocycles. The maximum atomic E-state index is 12.6. The molecule has 0 fully saturated rings. The topological polar surface area (TPSA) is 20.3 Å². The highest BCUT2D eigenvalue weighted by Crippen LogP contribution is 2.14. The van der Waals surface area contributed by atoms with E-state index in [4.69, 9.17) is 0 Å². The lowest BCUT2D eigenvalue weighted by molar-refractivity contribution is 0.0791. The molecule has 0 saturated heterocycles. The molecule has 0 unspecified atom stereocenters. The van der Waals surface area contributed by atoms with Crippen LogP contribution in [0.2, 0.25) is 0 Å². The summed E-state index contributed by atoms with van der Waals surface area (Å²) in [5.41, 5.74) is 3.10. The molecule has 2 rings (SSSR count). The molecule has 1 radical (unpaired) electrons. The van der Waals surface area contributed by atoms with Crippen molar-refractivity contribution in [1.82, 2.24) is 4.90 Å². The lowest BCUT2D eigenvalue weighted by Gasteiger charge is -2.19. The van der Waals surface area contributed by atoms with E-state index >= 15 is 0 Å². The maximum absolute atomic E-state index is 12.6. The Morgan fingerprint density at radius 1 is 0.958 bits per heavy atom. The zero-order valence-corrected chi connectivity index (χ0v) is 14.0. The van der Waals surface area contributed by atoms with E-state index in [2.05, 4.69) is 43.8 Å². The van der Waals surface area contributed by atoms with Gasteiger partial charge in [0, 0.05) is 18.7 Å². The molecule has 2 aromatic rings. The molecular weight excluding hydrogens is 294 g/mol. The van der Waals surface area contributed by atoms with Crippen LogP contribution in [0, 0.1) is 6.42 Å². The van der Waals surface area contributed by atoms with Gasteiger partial charge in [-0.25, -0.2) is 0 Å². The Hall–Kier alpha value is -2.61. The van der Waals surface area contributed by atoms with E-state index in [0.717, 1.165) is 18.4 Å². The van der Waals surface area contributed by atoms with E-state index < -0.39 is 0 Å². The second-order valence-electron chi connectivity index (χ2n) is 5.64. The number of rotatable bonds is 9. The Morgan fingerprint density at radius 3 is 2.33 bits per heavy atom. The SMILES string of the molecule is C=CCN(CC=C)C(=O)c1cccc([CH]CCc2ccccc2)c1. The third kappa shape index (κ3) is 5.24. The van der Waals surface area contributed by atoms with E-state index in [1.807, 2.05) is 30.3 Å². The summed E-state index contributed by atoms with van der Waals surface area (Å²) in [7, 11) is 0. The molecule has 2 nitrogen and oxygen atoms in total. The van der Waals surface area contributed by atoms with Crippen LogP contribution in [0.4, 0.5) is 0 Å². The predicted molar refractivity (Wildman–Crippen MR) is 101 cm³/mol. The summed E-state index contributed by atoms with van der Waals surface area (Å²) in [5.74, 6) is 0.00751. The fourth-order valence-corrected chi connectivity index (χ4v) is 2.58. The number of hydrogen-bond acceptors (Lipinski definition) is 1. The average molecular weight is 318 g/mol. The first-order valence-corrected chi connectivity index (χ1v) is 8.23. The van der Waals surface area contributed by atoms with Gasteiger partial charge in [0.05, 0.1) is 0 Å². The maximum Gasteiger partial charge on any atom is 0.254 e. The van der Waals surface area contributed by atoms with Gasteiger partial charge in [0.15, 0.2) is 0 Å². The second kappa shape index (κ2) is 9.51. The molecule has 2 heteroatoms. The van der Waals surface area contributed by atoms with E-state index in [9.17, 15) is 4.79 Å². The lowest BCUT2D eigenvalue weighted by atomic mass is 10.0. The van der Waals surface area contributed by atoms with Gasteiger partial charge in [-0.05, 0) is 42.5 Å². The van der Waals surface area contributed by atoms with Crippen molar-refractivity contribution in [2.75, 3.05) is 13.1 Å². The molecule has 2 aromatic carbocycles. The van der Waals surface area contributed by atoms with Crippen LogP contribution < -0.4 is 0 Å². The Labute approximate surface area is 145 Å². The van der Waals surface area contributed by atoms with Gasteiger partial charge in [-0.15, -0.1) is 13.2 Å². The fourth-order valence-electron chi connectivity index (χ4n) is 2.58. The number of amides is 1. The number of benzene rings is 2. The van der Waals surface area contributed by atoms with E-state index in [1.165, 1.54) is 5.56 Å². The summed E-state index contributed by atoms with van der Waals surface area (Å²) < 4.78 is 0. The van der Waals surface area contributed by atoms with Gasteiger partial charge in [0.25, 0.3) is 5.91 Å². The monoisotopic (exact) mass is 318 g/mol. The molecule has 0 atom stereocenters. The van der Waals surface area contributed by atoms with Crippen molar-refractivity contribution in [3.05, 3.63) is 103 Å². The third-order valence-electron chi connectivity index (χ3n) is 3.78. The molecule has 0 aliphatic carbocycles. The lowest BCUT2D eigenvalue weighted by Crippen LogP contribution is -2.31. The summed E-state index contributed by atoms with van der Waals surface area (Å²) in [4.78, 5) is 14.3. The number of carbonyl (C=O) groups is 1. The second-order valence-corrected chi connectivity index (χ2v) is 5.64. The van der Waals surface area contributed by atoms with Crippen molar-refractivity contribution >= 4 is 5.91 Å². The van der Waals surface area contributed by atoms with Gasteiger partial charge in [0.1, 0.15) is 0 Å². The van der Waals surface area contributed by atoms with Crippen molar-refractivity contribution < 1.29 is 4.79 Å². The summed E-state index contributed by atoms with van der Waals surface area (Å²) in [6.45, 7) is 8.46. The number of nitrogens with zero attached hydrogens (tertiary/aromatic N) is 1. The molecule has 0 spiro atoms. The molecular formula is C22H24NO. The normalized spacial score (nSPS) is 10.2. The van der Waals surface area contributed by atoms with Crippen molar-refractivity contribution in [2.24, 2.45) is 0 Å². The van der Waals surface area contributed by atoms with Gasteiger partial charge in [-0.2, -0.15) is 0 Å². The van der Waals surface area contributed by atoms with Crippen LogP contribution in [-0.4, -0.2) is 23.9 Å². The van der Waals surface area contributed by atoms with E-state index in [0.29, 0.717) is 18.7 Å². The molecule has 123 valence electrons. The van der Waals surface area contributed by atoms with Crippen LogP contribution in [-0.2, 0) is 6.42 Å². The zero-order chi connectivity index (χ0) is 17.2. The highest BCUT2D eigenvalue weighted by Gasteiger charge is 2.13.